The molecule has 1 aromatic rings. The van der Waals surface area contributed by atoms with Crippen molar-refractivity contribution < 1.29 is 4.79 Å². The molecule has 0 spiro atoms. The summed E-state index contributed by atoms with van der Waals surface area (Å²) in [5.74, 6) is 0. The molecule has 58 valence electrons. The minimum absolute atomic E-state index is 0.502. The number of pyridine rings is 1. The number of aryl methyl sites for hydroxylation is 1. The molecule has 1 aromatic heterocycles. The predicted molar refractivity (Wildman–Crippen MR) is 46.8 cm³/mol. The van der Waals surface area contributed by atoms with Crippen LogP contribution < -0.4 is 0 Å². The van der Waals surface area contributed by atoms with Crippen LogP contribution in [0.15, 0.2) is 10.7 Å². The molecule has 0 amide bonds. The van der Waals surface area contributed by atoms with Gasteiger partial charge in [-0.25, -0.2) is 0 Å². The maximum Gasteiger partial charge on any atom is 0.168 e. The van der Waals surface area contributed by atoms with Crippen molar-refractivity contribution in [3.05, 3.63) is 27.5 Å². The van der Waals surface area contributed by atoms with Crippen LogP contribution in [-0.4, -0.2) is 11.3 Å². The standard InChI is InChI=1S/C8H8BrNO/c1-5-3-10-7(4-11)6(2)8(5)9/h3-4H,1-2H3. The van der Waals surface area contributed by atoms with Crippen molar-refractivity contribution in [1.82, 2.24) is 4.98 Å². The van der Waals surface area contributed by atoms with Gasteiger partial charge in [0.25, 0.3) is 0 Å². The molecular weight excluding hydrogens is 206 g/mol. The molecule has 0 bridgehead atoms. The number of halogens is 1. The molecule has 2 nitrogen and oxygen atoms in total. The Kier molecular flexibility index (Phi) is 2.39. The summed E-state index contributed by atoms with van der Waals surface area (Å²) < 4.78 is 0.967. The van der Waals surface area contributed by atoms with Gasteiger partial charge in [0, 0.05) is 10.7 Å². The van der Waals surface area contributed by atoms with Gasteiger partial charge in [-0.05, 0) is 25.0 Å². The van der Waals surface area contributed by atoms with Gasteiger partial charge in [0.2, 0.25) is 0 Å². The normalized spacial score (nSPS) is 9.73. The van der Waals surface area contributed by atoms with E-state index in [0.717, 1.165) is 21.9 Å². The second-order valence-corrected chi connectivity index (χ2v) is 3.18. The Morgan fingerprint density at radius 3 is 2.73 bits per heavy atom. The third-order valence-corrected chi connectivity index (χ3v) is 2.79. The van der Waals surface area contributed by atoms with Gasteiger partial charge in [-0.2, -0.15) is 0 Å². The Morgan fingerprint density at radius 1 is 1.55 bits per heavy atom. The SMILES string of the molecule is Cc1cnc(C=O)c(C)c1Br. The summed E-state index contributed by atoms with van der Waals surface area (Å²) in [7, 11) is 0. The van der Waals surface area contributed by atoms with Crippen LogP contribution in [0.1, 0.15) is 21.6 Å². The minimum atomic E-state index is 0.502. The predicted octanol–water partition coefficient (Wildman–Crippen LogP) is 2.27. The lowest BCUT2D eigenvalue weighted by Crippen LogP contribution is -1.94. The second-order valence-electron chi connectivity index (χ2n) is 2.38. The van der Waals surface area contributed by atoms with Crippen molar-refractivity contribution in [3.8, 4) is 0 Å². The van der Waals surface area contributed by atoms with Crippen LogP contribution in [0, 0.1) is 13.8 Å². The van der Waals surface area contributed by atoms with E-state index >= 15 is 0 Å². The molecule has 0 aliphatic carbocycles. The Bertz CT molecular complexity index is 296. The van der Waals surface area contributed by atoms with Crippen molar-refractivity contribution in [2.24, 2.45) is 0 Å². The first-order valence-corrected chi connectivity index (χ1v) is 4.03. The molecular formula is C8H8BrNO. The summed E-state index contributed by atoms with van der Waals surface area (Å²) >= 11 is 3.37. The highest BCUT2D eigenvalue weighted by Gasteiger charge is 2.04. The van der Waals surface area contributed by atoms with Crippen molar-refractivity contribution in [1.29, 1.82) is 0 Å². The molecule has 11 heavy (non-hydrogen) atoms. The van der Waals surface area contributed by atoms with E-state index in [-0.39, 0.29) is 0 Å². The van der Waals surface area contributed by atoms with Gasteiger partial charge in [0.05, 0.1) is 0 Å². The van der Waals surface area contributed by atoms with E-state index < -0.39 is 0 Å². The number of carbonyl (C=O) groups excluding carboxylic acids is 1. The third-order valence-electron chi connectivity index (χ3n) is 1.57. The fourth-order valence-electron chi connectivity index (χ4n) is 0.847. The largest absolute Gasteiger partial charge is 0.296 e. The van der Waals surface area contributed by atoms with Crippen molar-refractivity contribution in [2.45, 2.75) is 13.8 Å². The molecule has 0 aliphatic rings. The van der Waals surface area contributed by atoms with Crippen LogP contribution in [0.3, 0.4) is 0 Å². The van der Waals surface area contributed by atoms with Crippen LogP contribution in [-0.2, 0) is 0 Å². The zero-order chi connectivity index (χ0) is 8.43. The minimum Gasteiger partial charge on any atom is -0.296 e. The maximum absolute atomic E-state index is 10.4. The van der Waals surface area contributed by atoms with E-state index in [2.05, 4.69) is 20.9 Å². The Morgan fingerprint density at radius 2 is 2.18 bits per heavy atom. The first-order chi connectivity index (χ1) is 5.16. The van der Waals surface area contributed by atoms with Crippen molar-refractivity contribution >= 4 is 22.2 Å². The van der Waals surface area contributed by atoms with Gasteiger partial charge < -0.3 is 0 Å². The van der Waals surface area contributed by atoms with Gasteiger partial charge in [0.15, 0.2) is 6.29 Å². The molecule has 0 aliphatic heterocycles. The van der Waals surface area contributed by atoms with Crippen LogP contribution in [0.2, 0.25) is 0 Å². The number of hydrogen-bond acceptors (Lipinski definition) is 2. The van der Waals surface area contributed by atoms with Gasteiger partial charge in [-0.3, -0.25) is 9.78 Å². The quantitative estimate of drug-likeness (QED) is 0.671. The number of nitrogens with zero attached hydrogens (tertiary/aromatic N) is 1. The second kappa shape index (κ2) is 3.13. The smallest absolute Gasteiger partial charge is 0.168 e. The summed E-state index contributed by atoms with van der Waals surface area (Å²) in [5, 5.41) is 0. The van der Waals surface area contributed by atoms with E-state index in [9.17, 15) is 4.79 Å². The molecule has 0 N–H and O–H groups in total. The molecule has 3 heteroatoms. The first-order valence-electron chi connectivity index (χ1n) is 3.23. The molecule has 0 fully saturated rings. The summed E-state index contributed by atoms with van der Waals surface area (Å²) in [5.41, 5.74) is 2.45. The molecule has 0 radical (unpaired) electrons. The number of aromatic nitrogens is 1. The van der Waals surface area contributed by atoms with Crippen LogP contribution in [0.25, 0.3) is 0 Å². The van der Waals surface area contributed by atoms with Crippen LogP contribution in [0.4, 0.5) is 0 Å². The topological polar surface area (TPSA) is 30.0 Å². The van der Waals surface area contributed by atoms with E-state index in [1.165, 1.54) is 0 Å². The number of carbonyl (C=O) groups is 1. The third kappa shape index (κ3) is 1.48. The summed E-state index contributed by atoms with van der Waals surface area (Å²) in [4.78, 5) is 14.4. The monoisotopic (exact) mass is 213 g/mol. The lowest BCUT2D eigenvalue weighted by atomic mass is 10.2. The first kappa shape index (κ1) is 8.40. The van der Waals surface area contributed by atoms with Crippen LogP contribution >= 0.6 is 15.9 Å². The highest BCUT2D eigenvalue weighted by molar-refractivity contribution is 9.10. The average molecular weight is 214 g/mol. The zero-order valence-electron chi connectivity index (χ0n) is 6.39. The lowest BCUT2D eigenvalue weighted by molar-refractivity contribution is 0.111. The molecule has 0 aromatic carbocycles. The Labute approximate surface area is 73.8 Å². The fraction of sp³-hybridized carbons (Fsp3) is 0.250. The highest BCUT2D eigenvalue weighted by Crippen LogP contribution is 2.20. The number of aldehydes is 1. The summed E-state index contributed by atoms with van der Waals surface area (Å²) in [6.07, 6.45) is 2.44. The Hall–Kier alpha value is -0.700. The van der Waals surface area contributed by atoms with Gasteiger partial charge in [-0.1, -0.05) is 15.9 Å². The molecule has 0 saturated carbocycles. The van der Waals surface area contributed by atoms with Crippen molar-refractivity contribution in [3.63, 3.8) is 0 Å². The van der Waals surface area contributed by atoms with E-state index in [0.29, 0.717) is 5.69 Å². The summed E-state index contributed by atoms with van der Waals surface area (Å²) in [6, 6.07) is 0. The number of rotatable bonds is 1. The maximum atomic E-state index is 10.4. The number of hydrogen-bond donors (Lipinski definition) is 0. The van der Waals surface area contributed by atoms with Gasteiger partial charge in [0.1, 0.15) is 5.69 Å². The van der Waals surface area contributed by atoms with Gasteiger partial charge in [-0.15, -0.1) is 0 Å². The molecule has 1 heterocycles. The molecule has 0 unspecified atom stereocenters. The lowest BCUT2D eigenvalue weighted by Gasteiger charge is -2.02. The fourth-order valence-corrected chi connectivity index (χ4v) is 1.15. The molecule has 0 saturated heterocycles. The molecule has 0 atom stereocenters. The summed E-state index contributed by atoms with van der Waals surface area (Å²) in [6.45, 7) is 3.81. The zero-order valence-corrected chi connectivity index (χ0v) is 7.97. The van der Waals surface area contributed by atoms with Gasteiger partial charge >= 0.3 is 0 Å². The van der Waals surface area contributed by atoms with Crippen molar-refractivity contribution in [2.75, 3.05) is 0 Å². The van der Waals surface area contributed by atoms with E-state index in [1.807, 2.05) is 13.8 Å². The Balaban J connectivity index is 3.36. The van der Waals surface area contributed by atoms with E-state index in [1.54, 1.807) is 6.20 Å². The highest BCUT2D eigenvalue weighted by atomic mass is 79.9. The van der Waals surface area contributed by atoms with E-state index in [4.69, 9.17) is 0 Å². The average Bonchev–Trinajstić information content (AvgIpc) is 2.01. The molecule has 1 rings (SSSR count). The van der Waals surface area contributed by atoms with Crippen LogP contribution in [0.5, 0.6) is 0 Å².